The average Bonchev–Trinajstić information content (AvgIpc) is 3.01. The predicted octanol–water partition coefficient (Wildman–Crippen LogP) is 2.11. The van der Waals surface area contributed by atoms with Crippen LogP contribution in [-0.2, 0) is 9.53 Å². The van der Waals surface area contributed by atoms with E-state index in [0.29, 0.717) is 11.5 Å². The van der Waals surface area contributed by atoms with Gasteiger partial charge in [0.15, 0.2) is 23.9 Å². The summed E-state index contributed by atoms with van der Waals surface area (Å²) in [5.74, 6) is -1.63. The second-order valence-electron chi connectivity index (χ2n) is 6.30. The van der Waals surface area contributed by atoms with Crippen LogP contribution in [0.5, 0.6) is 11.5 Å². The minimum absolute atomic E-state index is 0.235. The molecule has 0 saturated carbocycles. The van der Waals surface area contributed by atoms with Gasteiger partial charge in [0.1, 0.15) is 6.04 Å². The van der Waals surface area contributed by atoms with E-state index in [9.17, 15) is 19.2 Å². The number of hydrogen-bond donors (Lipinski definition) is 0. The molecule has 1 aliphatic rings. The summed E-state index contributed by atoms with van der Waals surface area (Å²) >= 11 is 0. The van der Waals surface area contributed by atoms with Gasteiger partial charge in [-0.15, -0.1) is 0 Å². The summed E-state index contributed by atoms with van der Waals surface area (Å²) in [6, 6.07) is 9.71. The molecule has 0 aliphatic carbocycles. The Labute approximate surface area is 167 Å². The van der Waals surface area contributed by atoms with Gasteiger partial charge in [0.05, 0.1) is 25.3 Å². The molecule has 0 unspecified atom stereocenters. The average molecular weight is 397 g/mol. The van der Waals surface area contributed by atoms with Gasteiger partial charge in [0, 0.05) is 5.56 Å². The van der Waals surface area contributed by atoms with Crippen molar-refractivity contribution in [1.82, 2.24) is 4.90 Å². The molecule has 2 aromatic carbocycles. The van der Waals surface area contributed by atoms with E-state index in [-0.39, 0.29) is 16.7 Å². The third-order valence-corrected chi connectivity index (χ3v) is 4.60. The first-order chi connectivity index (χ1) is 13.9. The Bertz CT molecular complexity index is 963. The highest BCUT2D eigenvalue weighted by atomic mass is 16.5. The zero-order valence-corrected chi connectivity index (χ0v) is 16.1. The van der Waals surface area contributed by atoms with Crippen molar-refractivity contribution in [3.05, 3.63) is 59.2 Å². The fraction of sp³-hybridized carbons (Fsp3) is 0.238. The molecular formula is C21H19NO7. The molecular weight excluding hydrogens is 378 g/mol. The lowest BCUT2D eigenvalue weighted by molar-refractivity contribution is -0.146. The molecule has 0 aromatic heterocycles. The Morgan fingerprint density at radius 1 is 0.931 bits per heavy atom. The second-order valence-corrected chi connectivity index (χ2v) is 6.30. The molecule has 0 radical (unpaired) electrons. The number of methoxy groups -OCH3 is 2. The lowest BCUT2D eigenvalue weighted by Crippen LogP contribution is -2.44. The highest BCUT2D eigenvalue weighted by molar-refractivity contribution is 6.22. The van der Waals surface area contributed by atoms with Crippen molar-refractivity contribution >= 4 is 23.6 Å². The predicted molar refractivity (Wildman–Crippen MR) is 101 cm³/mol. The summed E-state index contributed by atoms with van der Waals surface area (Å²) < 4.78 is 15.3. The monoisotopic (exact) mass is 397 g/mol. The summed E-state index contributed by atoms with van der Waals surface area (Å²) in [5.41, 5.74) is 0.737. The molecule has 0 N–H and O–H groups in total. The highest BCUT2D eigenvalue weighted by Crippen LogP contribution is 2.28. The first kappa shape index (κ1) is 20.1. The van der Waals surface area contributed by atoms with E-state index in [0.717, 1.165) is 4.90 Å². The lowest BCUT2D eigenvalue weighted by atomic mass is 10.1. The Hall–Kier alpha value is -3.68. The van der Waals surface area contributed by atoms with Gasteiger partial charge < -0.3 is 14.2 Å². The van der Waals surface area contributed by atoms with E-state index >= 15 is 0 Å². The van der Waals surface area contributed by atoms with Crippen LogP contribution < -0.4 is 9.47 Å². The number of ketones is 1. The fourth-order valence-corrected chi connectivity index (χ4v) is 3.02. The molecule has 1 heterocycles. The topological polar surface area (TPSA) is 99.2 Å². The van der Waals surface area contributed by atoms with E-state index in [1.807, 2.05) is 0 Å². The summed E-state index contributed by atoms with van der Waals surface area (Å²) in [7, 11) is 2.91. The first-order valence-electron chi connectivity index (χ1n) is 8.77. The molecule has 1 aliphatic heterocycles. The number of Topliss-reactive ketones (excluding diaryl/α,β-unsaturated/α-hetero) is 1. The third-order valence-electron chi connectivity index (χ3n) is 4.60. The van der Waals surface area contributed by atoms with Crippen LogP contribution in [0.25, 0.3) is 0 Å². The number of hydrogen-bond acceptors (Lipinski definition) is 7. The molecule has 150 valence electrons. The van der Waals surface area contributed by atoms with Crippen molar-refractivity contribution in [2.24, 2.45) is 0 Å². The zero-order valence-electron chi connectivity index (χ0n) is 16.1. The van der Waals surface area contributed by atoms with Gasteiger partial charge in [-0.2, -0.15) is 0 Å². The van der Waals surface area contributed by atoms with Crippen molar-refractivity contribution in [2.45, 2.75) is 13.0 Å². The van der Waals surface area contributed by atoms with Crippen molar-refractivity contribution in [3.63, 3.8) is 0 Å². The van der Waals surface area contributed by atoms with Crippen LogP contribution in [0.4, 0.5) is 0 Å². The molecule has 0 saturated heterocycles. The molecule has 8 heteroatoms. The number of carbonyl (C=O) groups excluding carboxylic acids is 4. The van der Waals surface area contributed by atoms with Crippen LogP contribution in [0.15, 0.2) is 42.5 Å². The number of amides is 2. The van der Waals surface area contributed by atoms with Crippen molar-refractivity contribution in [2.75, 3.05) is 20.8 Å². The molecule has 29 heavy (non-hydrogen) atoms. The molecule has 2 aromatic rings. The van der Waals surface area contributed by atoms with Gasteiger partial charge in [-0.3, -0.25) is 19.3 Å². The van der Waals surface area contributed by atoms with Gasteiger partial charge in [0.25, 0.3) is 11.8 Å². The molecule has 0 bridgehead atoms. The van der Waals surface area contributed by atoms with Gasteiger partial charge in [-0.1, -0.05) is 12.1 Å². The van der Waals surface area contributed by atoms with E-state index < -0.39 is 36.2 Å². The van der Waals surface area contributed by atoms with E-state index in [2.05, 4.69) is 0 Å². The van der Waals surface area contributed by atoms with Crippen molar-refractivity contribution < 1.29 is 33.4 Å². The molecule has 1 atom stereocenters. The van der Waals surface area contributed by atoms with Gasteiger partial charge in [-0.25, -0.2) is 4.79 Å². The maximum Gasteiger partial charge on any atom is 0.329 e. The maximum absolute atomic E-state index is 12.4. The second kappa shape index (κ2) is 8.14. The van der Waals surface area contributed by atoms with Crippen LogP contribution in [0.3, 0.4) is 0 Å². The fourth-order valence-electron chi connectivity index (χ4n) is 3.02. The highest BCUT2D eigenvalue weighted by Gasteiger charge is 2.41. The van der Waals surface area contributed by atoms with Gasteiger partial charge >= 0.3 is 5.97 Å². The number of carbonyl (C=O) groups is 4. The summed E-state index contributed by atoms with van der Waals surface area (Å²) in [4.78, 5) is 50.5. The number of esters is 1. The van der Waals surface area contributed by atoms with Gasteiger partial charge in [0.2, 0.25) is 0 Å². The zero-order chi connectivity index (χ0) is 21.1. The minimum atomic E-state index is -1.17. The maximum atomic E-state index is 12.4. The Morgan fingerprint density at radius 3 is 2.07 bits per heavy atom. The van der Waals surface area contributed by atoms with Gasteiger partial charge in [-0.05, 0) is 37.3 Å². The molecule has 2 amide bonds. The standard InChI is InChI=1S/C21H19NO7/c1-12(22-19(24)14-6-4-5-7-15(14)20(22)25)21(26)29-11-16(23)13-8-9-17(27-2)18(10-13)28-3/h4-10,12H,11H2,1-3H3/t12-/m0/s1. The first-order valence-corrected chi connectivity index (χ1v) is 8.77. The Balaban J connectivity index is 1.66. The summed E-state index contributed by atoms with van der Waals surface area (Å²) in [6.45, 7) is 0.840. The Morgan fingerprint density at radius 2 is 1.52 bits per heavy atom. The third kappa shape index (κ3) is 3.69. The van der Waals surface area contributed by atoms with Crippen molar-refractivity contribution in [1.29, 1.82) is 0 Å². The number of rotatable bonds is 7. The van der Waals surface area contributed by atoms with E-state index in [1.54, 1.807) is 18.2 Å². The van der Waals surface area contributed by atoms with Crippen LogP contribution in [0, 0.1) is 0 Å². The molecule has 8 nitrogen and oxygen atoms in total. The summed E-state index contributed by atoms with van der Waals surface area (Å²) in [5, 5.41) is 0. The van der Waals surface area contributed by atoms with Crippen LogP contribution in [-0.4, -0.2) is 55.3 Å². The number of imide groups is 1. The minimum Gasteiger partial charge on any atom is -0.493 e. The quantitative estimate of drug-likeness (QED) is 0.401. The van der Waals surface area contributed by atoms with Crippen LogP contribution >= 0.6 is 0 Å². The SMILES string of the molecule is COc1ccc(C(=O)COC(=O)[C@H](C)N2C(=O)c3ccccc3C2=O)cc1OC. The largest absolute Gasteiger partial charge is 0.493 e. The lowest BCUT2D eigenvalue weighted by Gasteiger charge is -2.20. The number of nitrogens with zero attached hydrogens (tertiary/aromatic N) is 1. The van der Waals surface area contributed by atoms with Crippen LogP contribution in [0.2, 0.25) is 0 Å². The summed E-state index contributed by atoms with van der Waals surface area (Å²) in [6.07, 6.45) is 0. The molecule has 3 rings (SSSR count). The van der Waals surface area contributed by atoms with Crippen LogP contribution in [0.1, 0.15) is 38.0 Å². The number of benzene rings is 2. The number of ether oxygens (including phenoxy) is 3. The molecule has 0 spiro atoms. The normalized spacial score (nSPS) is 13.7. The Kier molecular flexibility index (Phi) is 5.63. The smallest absolute Gasteiger partial charge is 0.329 e. The van der Waals surface area contributed by atoms with Crippen molar-refractivity contribution in [3.8, 4) is 11.5 Å². The van der Waals surface area contributed by atoms with E-state index in [4.69, 9.17) is 14.2 Å². The van der Waals surface area contributed by atoms with E-state index in [1.165, 1.54) is 45.4 Å². The number of fused-ring (bicyclic) bond motifs is 1. The molecule has 0 fully saturated rings.